The van der Waals surface area contributed by atoms with E-state index in [0.717, 1.165) is 17.7 Å². The number of ether oxygens (including phenoxy) is 1. The van der Waals surface area contributed by atoms with E-state index in [1.165, 1.54) is 6.33 Å². The second-order valence-electron chi connectivity index (χ2n) is 3.36. The van der Waals surface area contributed by atoms with Crippen LogP contribution in [-0.4, -0.2) is 22.6 Å². The summed E-state index contributed by atoms with van der Waals surface area (Å²) in [5, 5.41) is 0. The molecule has 2 N–H and O–H groups in total. The number of hydrogen-bond acceptors (Lipinski definition) is 4. The predicted molar refractivity (Wildman–Crippen MR) is 55.3 cm³/mol. The lowest BCUT2D eigenvalue weighted by molar-refractivity contribution is 0.322. The zero-order chi connectivity index (χ0) is 10.6. The predicted octanol–water partition coefficient (Wildman–Crippen LogP) is 1.07. The third kappa shape index (κ3) is 2.67. The average Bonchev–Trinajstić information content (AvgIpc) is 2.11. The van der Waals surface area contributed by atoms with E-state index >= 15 is 0 Å². The molecule has 0 bridgehead atoms. The van der Waals surface area contributed by atoms with Crippen LogP contribution in [0.1, 0.15) is 25.1 Å². The quantitative estimate of drug-likeness (QED) is 0.780. The lowest BCUT2D eigenvalue weighted by Gasteiger charge is -2.10. The number of hydrogen-bond donors (Lipinski definition) is 1. The molecule has 0 amide bonds. The molecule has 0 aliphatic carbocycles. The van der Waals surface area contributed by atoms with Crippen LogP contribution in [-0.2, 0) is 6.42 Å². The van der Waals surface area contributed by atoms with Crippen LogP contribution < -0.4 is 10.5 Å². The van der Waals surface area contributed by atoms with Crippen LogP contribution in [0.5, 0.6) is 5.88 Å². The molecule has 4 heteroatoms. The molecule has 78 valence electrons. The maximum absolute atomic E-state index is 5.72. The second kappa shape index (κ2) is 4.91. The Bertz CT molecular complexity index is 299. The van der Waals surface area contributed by atoms with Crippen molar-refractivity contribution in [3.63, 3.8) is 0 Å². The van der Waals surface area contributed by atoms with Gasteiger partial charge in [-0.25, -0.2) is 9.97 Å². The van der Waals surface area contributed by atoms with Crippen LogP contribution in [0.2, 0.25) is 0 Å². The molecule has 1 atom stereocenters. The van der Waals surface area contributed by atoms with Gasteiger partial charge in [0.25, 0.3) is 0 Å². The zero-order valence-corrected chi connectivity index (χ0v) is 8.95. The highest BCUT2D eigenvalue weighted by Gasteiger charge is 2.08. The van der Waals surface area contributed by atoms with Crippen molar-refractivity contribution in [2.75, 3.05) is 6.61 Å². The van der Waals surface area contributed by atoms with E-state index < -0.39 is 0 Å². The van der Waals surface area contributed by atoms with E-state index in [0.29, 0.717) is 12.5 Å². The molecule has 1 heterocycles. The molecule has 4 nitrogen and oxygen atoms in total. The van der Waals surface area contributed by atoms with Gasteiger partial charge in [-0.2, -0.15) is 0 Å². The van der Waals surface area contributed by atoms with Crippen molar-refractivity contribution in [3.05, 3.63) is 17.6 Å². The summed E-state index contributed by atoms with van der Waals surface area (Å²) in [6, 6.07) is 0.109. The van der Waals surface area contributed by atoms with Crippen LogP contribution in [0.4, 0.5) is 0 Å². The van der Waals surface area contributed by atoms with Crippen molar-refractivity contribution in [2.45, 2.75) is 33.2 Å². The van der Waals surface area contributed by atoms with Crippen molar-refractivity contribution in [3.8, 4) is 5.88 Å². The highest BCUT2D eigenvalue weighted by Crippen LogP contribution is 2.16. The molecule has 0 aliphatic rings. The van der Waals surface area contributed by atoms with Crippen molar-refractivity contribution in [1.82, 2.24) is 9.97 Å². The maximum atomic E-state index is 5.72. The highest BCUT2D eigenvalue weighted by atomic mass is 16.5. The Morgan fingerprint density at radius 2 is 2.21 bits per heavy atom. The van der Waals surface area contributed by atoms with Gasteiger partial charge in [-0.15, -0.1) is 0 Å². The third-order valence-corrected chi connectivity index (χ3v) is 1.94. The molecular formula is C10H17N3O. The SMILES string of the molecule is CCOc1ncnc(CC(C)N)c1C. The fourth-order valence-corrected chi connectivity index (χ4v) is 1.26. The van der Waals surface area contributed by atoms with E-state index in [-0.39, 0.29) is 6.04 Å². The molecule has 0 spiro atoms. The third-order valence-electron chi connectivity index (χ3n) is 1.94. The lowest BCUT2D eigenvalue weighted by atomic mass is 10.1. The molecule has 14 heavy (non-hydrogen) atoms. The molecule has 1 aromatic rings. The maximum Gasteiger partial charge on any atom is 0.219 e. The first-order valence-electron chi connectivity index (χ1n) is 4.84. The van der Waals surface area contributed by atoms with Crippen molar-refractivity contribution in [1.29, 1.82) is 0 Å². The van der Waals surface area contributed by atoms with Gasteiger partial charge in [0.05, 0.1) is 12.3 Å². The zero-order valence-electron chi connectivity index (χ0n) is 8.95. The molecule has 0 radical (unpaired) electrons. The van der Waals surface area contributed by atoms with Gasteiger partial charge in [-0.3, -0.25) is 0 Å². The Hall–Kier alpha value is -1.16. The molecule has 0 fully saturated rings. The van der Waals surface area contributed by atoms with Crippen molar-refractivity contribution in [2.24, 2.45) is 5.73 Å². The van der Waals surface area contributed by atoms with Crippen LogP contribution >= 0.6 is 0 Å². The monoisotopic (exact) mass is 195 g/mol. The van der Waals surface area contributed by atoms with Gasteiger partial charge in [-0.1, -0.05) is 0 Å². The number of nitrogens with two attached hydrogens (primary N) is 1. The molecule has 0 saturated carbocycles. The van der Waals surface area contributed by atoms with Gasteiger partial charge in [0.2, 0.25) is 5.88 Å². The summed E-state index contributed by atoms with van der Waals surface area (Å²) in [6.45, 7) is 6.48. The minimum Gasteiger partial charge on any atom is -0.478 e. The number of nitrogens with zero attached hydrogens (tertiary/aromatic N) is 2. The standard InChI is InChI=1S/C10H17N3O/c1-4-14-10-8(3)9(5-7(2)11)12-6-13-10/h6-7H,4-5,11H2,1-3H3. The number of rotatable bonds is 4. The molecule has 1 unspecified atom stereocenters. The molecule has 0 saturated heterocycles. The van der Waals surface area contributed by atoms with Crippen molar-refractivity contribution >= 4 is 0 Å². The Labute approximate surface area is 84.5 Å². The number of aromatic nitrogens is 2. The Kier molecular flexibility index (Phi) is 3.83. The normalized spacial score (nSPS) is 12.6. The van der Waals surface area contributed by atoms with Gasteiger partial charge in [0.15, 0.2) is 0 Å². The Balaban J connectivity index is 2.89. The molecule has 0 aliphatic heterocycles. The first kappa shape index (κ1) is 10.9. The van der Waals surface area contributed by atoms with Crippen LogP contribution in [0.25, 0.3) is 0 Å². The molecular weight excluding hydrogens is 178 g/mol. The summed E-state index contributed by atoms with van der Waals surface area (Å²) in [7, 11) is 0. The van der Waals surface area contributed by atoms with E-state index in [1.54, 1.807) is 0 Å². The minimum absolute atomic E-state index is 0.109. The largest absolute Gasteiger partial charge is 0.478 e. The van der Waals surface area contributed by atoms with Gasteiger partial charge in [-0.05, 0) is 20.8 Å². The van der Waals surface area contributed by atoms with E-state index in [1.807, 2.05) is 20.8 Å². The summed E-state index contributed by atoms with van der Waals surface area (Å²) in [5.74, 6) is 0.665. The summed E-state index contributed by atoms with van der Waals surface area (Å²) in [6.07, 6.45) is 2.28. The molecule has 1 aromatic heterocycles. The summed E-state index contributed by atoms with van der Waals surface area (Å²) in [5.41, 5.74) is 7.68. The first-order valence-corrected chi connectivity index (χ1v) is 4.84. The second-order valence-corrected chi connectivity index (χ2v) is 3.36. The van der Waals surface area contributed by atoms with E-state index in [9.17, 15) is 0 Å². The van der Waals surface area contributed by atoms with E-state index in [4.69, 9.17) is 10.5 Å². The summed E-state index contributed by atoms with van der Waals surface area (Å²) in [4.78, 5) is 8.25. The first-order chi connectivity index (χ1) is 6.65. The minimum atomic E-state index is 0.109. The van der Waals surface area contributed by atoms with E-state index in [2.05, 4.69) is 9.97 Å². The fraction of sp³-hybridized carbons (Fsp3) is 0.600. The summed E-state index contributed by atoms with van der Waals surface area (Å²) < 4.78 is 5.37. The van der Waals surface area contributed by atoms with Gasteiger partial charge in [0, 0.05) is 18.0 Å². The van der Waals surface area contributed by atoms with Gasteiger partial charge in [0.1, 0.15) is 6.33 Å². The van der Waals surface area contributed by atoms with Crippen molar-refractivity contribution < 1.29 is 4.74 Å². The van der Waals surface area contributed by atoms with Gasteiger partial charge < -0.3 is 10.5 Å². The summed E-state index contributed by atoms with van der Waals surface area (Å²) >= 11 is 0. The van der Waals surface area contributed by atoms with Crippen LogP contribution in [0.3, 0.4) is 0 Å². The van der Waals surface area contributed by atoms with Crippen LogP contribution in [0.15, 0.2) is 6.33 Å². The van der Waals surface area contributed by atoms with Crippen LogP contribution in [0, 0.1) is 6.92 Å². The Morgan fingerprint density at radius 3 is 2.79 bits per heavy atom. The molecule has 1 rings (SSSR count). The topological polar surface area (TPSA) is 61.0 Å². The smallest absolute Gasteiger partial charge is 0.219 e. The highest BCUT2D eigenvalue weighted by molar-refractivity contribution is 5.28. The Morgan fingerprint density at radius 1 is 1.50 bits per heavy atom. The fourth-order valence-electron chi connectivity index (χ4n) is 1.26. The lowest BCUT2D eigenvalue weighted by Crippen LogP contribution is -2.19. The molecule has 0 aromatic carbocycles. The average molecular weight is 195 g/mol. The van der Waals surface area contributed by atoms with Gasteiger partial charge >= 0.3 is 0 Å².